The first-order valence-corrected chi connectivity index (χ1v) is 6.78. The van der Waals surface area contributed by atoms with Gasteiger partial charge in [0.05, 0.1) is 6.10 Å². The standard InChI is InChI=1S/C15H26O/c1-10-6-5-7-11(2)14(16)13-12(9-8-10)15(13,3)4/h6,11-14,16H,5,7-9H2,1-4H3. The molecule has 16 heavy (non-hydrogen) atoms. The molecular formula is C15H26O. The Morgan fingerprint density at radius 2 is 2.00 bits per heavy atom. The van der Waals surface area contributed by atoms with Crippen molar-refractivity contribution < 1.29 is 5.11 Å². The molecule has 0 saturated heterocycles. The molecule has 0 radical (unpaired) electrons. The van der Waals surface area contributed by atoms with E-state index in [1.165, 1.54) is 12.8 Å². The highest BCUT2D eigenvalue weighted by Gasteiger charge is 2.60. The van der Waals surface area contributed by atoms with Gasteiger partial charge in [-0.1, -0.05) is 32.4 Å². The second-order valence-corrected chi connectivity index (χ2v) is 6.59. The summed E-state index contributed by atoms with van der Waals surface area (Å²) in [6.45, 7) is 9.12. The van der Waals surface area contributed by atoms with Crippen molar-refractivity contribution in [2.75, 3.05) is 0 Å². The molecule has 0 aromatic rings. The Balaban J connectivity index is 2.12. The third kappa shape index (κ3) is 2.07. The number of aliphatic hydroxyl groups excluding tert-OH is 1. The van der Waals surface area contributed by atoms with E-state index in [2.05, 4.69) is 33.8 Å². The van der Waals surface area contributed by atoms with Gasteiger partial charge in [-0.2, -0.15) is 0 Å². The summed E-state index contributed by atoms with van der Waals surface area (Å²) in [5, 5.41) is 10.4. The molecule has 4 atom stereocenters. The van der Waals surface area contributed by atoms with Gasteiger partial charge >= 0.3 is 0 Å². The van der Waals surface area contributed by atoms with Crippen LogP contribution in [0.3, 0.4) is 0 Å². The van der Waals surface area contributed by atoms with Crippen LogP contribution in [0.4, 0.5) is 0 Å². The quantitative estimate of drug-likeness (QED) is 0.618. The molecule has 0 spiro atoms. The molecule has 1 saturated carbocycles. The molecule has 0 aliphatic heterocycles. The van der Waals surface area contributed by atoms with Crippen LogP contribution in [-0.4, -0.2) is 11.2 Å². The average Bonchev–Trinajstić information content (AvgIpc) is 2.75. The molecule has 2 aliphatic carbocycles. The van der Waals surface area contributed by atoms with Crippen molar-refractivity contribution in [1.29, 1.82) is 0 Å². The fraction of sp³-hybridized carbons (Fsp3) is 0.867. The van der Waals surface area contributed by atoms with Crippen molar-refractivity contribution in [3.63, 3.8) is 0 Å². The highest BCUT2D eigenvalue weighted by molar-refractivity contribution is 5.11. The minimum absolute atomic E-state index is 0.0770. The van der Waals surface area contributed by atoms with E-state index in [4.69, 9.17) is 0 Å². The summed E-state index contributed by atoms with van der Waals surface area (Å²) in [4.78, 5) is 0. The summed E-state index contributed by atoms with van der Waals surface area (Å²) in [5.74, 6) is 1.75. The molecule has 0 heterocycles. The van der Waals surface area contributed by atoms with Gasteiger partial charge in [-0.25, -0.2) is 0 Å². The third-order valence-corrected chi connectivity index (χ3v) is 5.05. The lowest BCUT2D eigenvalue weighted by molar-refractivity contribution is 0.0758. The van der Waals surface area contributed by atoms with Gasteiger partial charge in [0.1, 0.15) is 0 Å². The molecule has 1 nitrogen and oxygen atoms in total. The predicted octanol–water partition coefficient (Wildman–Crippen LogP) is 3.78. The van der Waals surface area contributed by atoms with Crippen LogP contribution in [0, 0.1) is 23.2 Å². The number of aliphatic hydroxyl groups is 1. The van der Waals surface area contributed by atoms with Crippen molar-refractivity contribution in [2.45, 2.75) is 59.5 Å². The normalized spacial score (nSPS) is 43.2. The zero-order valence-electron chi connectivity index (χ0n) is 11.2. The SMILES string of the molecule is CC1=CCCC(C)C(O)C2C(CC1)C2(C)C. The van der Waals surface area contributed by atoms with Gasteiger partial charge in [0.2, 0.25) is 0 Å². The van der Waals surface area contributed by atoms with Crippen LogP contribution in [0.1, 0.15) is 53.4 Å². The van der Waals surface area contributed by atoms with E-state index in [0.717, 1.165) is 18.8 Å². The Hall–Kier alpha value is -0.300. The summed E-state index contributed by atoms with van der Waals surface area (Å²) >= 11 is 0. The Labute approximate surface area is 99.9 Å². The molecule has 92 valence electrons. The summed E-state index contributed by atoms with van der Waals surface area (Å²) in [6.07, 6.45) is 7.07. The zero-order chi connectivity index (χ0) is 11.9. The van der Waals surface area contributed by atoms with Gasteiger partial charge in [0.25, 0.3) is 0 Å². The molecule has 2 rings (SSSR count). The van der Waals surface area contributed by atoms with E-state index >= 15 is 0 Å². The van der Waals surface area contributed by atoms with E-state index in [9.17, 15) is 5.11 Å². The monoisotopic (exact) mass is 222 g/mol. The van der Waals surface area contributed by atoms with Gasteiger partial charge < -0.3 is 5.11 Å². The fourth-order valence-corrected chi connectivity index (χ4v) is 3.62. The van der Waals surface area contributed by atoms with Gasteiger partial charge in [-0.3, -0.25) is 0 Å². The first-order chi connectivity index (χ1) is 7.44. The number of allylic oxidation sites excluding steroid dienone is 2. The van der Waals surface area contributed by atoms with Crippen LogP contribution in [0.15, 0.2) is 11.6 Å². The van der Waals surface area contributed by atoms with Crippen LogP contribution < -0.4 is 0 Å². The molecule has 1 N–H and O–H groups in total. The summed E-state index contributed by atoms with van der Waals surface area (Å²) < 4.78 is 0. The van der Waals surface area contributed by atoms with E-state index in [1.807, 2.05) is 0 Å². The molecule has 0 amide bonds. The minimum Gasteiger partial charge on any atom is -0.393 e. The molecule has 0 bridgehead atoms. The highest BCUT2D eigenvalue weighted by atomic mass is 16.3. The Kier molecular flexibility index (Phi) is 3.18. The van der Waals surface area contributed by atoms with E-state index in [0.29, 0.717) is 17.3 Å². The minimum atomic E-state index is -0.0770. The first-order valence-electron chi connectivity index (χ1n) is 6.78. The summed E-state index contributed by atoms with van der Waals surface area (Å²) in [5.41, 5.74) is 1.92. The lowest BCUT2D eigenvalue weighted by atomic mass is 9.91. The largest absolute Gasteiger partial charge is 0.393 e. The topological polar surface area (TPSA) is 20.2 Å². The summed E-state index contributed by atoms with van der Waals surface area (Å²) in [7, 11) is 0. The maximum Gasteiger partial charge on any atom is 0.0602 e. The second-order valence-electron chi connectivity index (χ2n) is 6.59. The number of hydrogen-bond donors (Lipinski definition) is 1. The fourth-order valence-electron chi connectivity index (χ4n) is 3.62. The molecular weight excluding hydrogens is 196 g/mol. The Morgan fingerprint density at radius 1 is 1.31 bits per heavy atom. The maximum absolute atomic E-state index is 10.4. The maximum atomic E-state index is 10.4. The van der Waals surface area contributed by atoms with Crippen LogP contribution in [0.2, 0.25) is 0 Å². The smallest absolute Gasteiger partial charge is 0.0602 e. The van der Waals surface area contributed by atoms with Crippen molar-refractivity contribution in [2.24, 2.45) is 23.2 Å². The van der Waals surface area contributed by atoms with Crippen molar-refractivity contribution in [3.05, 3.63) is 11.6 Å². The summed E-state index contributed by atoms with van der Waals surface area (Å²) in [6, 6.07) is 0. The number of fused-ring (bicyclic) bond motifs is 1. The average molecular weight is 222 g/mol. The van der Waals surface area contributed by atoms with Crippen LogP contribution in [-0.2, 0) is 0 Å². The lowest BCUT2D eigenvalue weighted by Gasteiger charge is -2.20. The van der Waals surface area contributed by atoms with Gasteiger partial charge in [-0.05, 0) is 55.8 Å². The van der Waals surface area contributed by atoms with Crippen molar-refractivity contribution >= 4 is 0 Å². The van der Waals surface area contributed by atoms with Crippen LogP contribution in [0.5, 0.6) is 0 Å². The third-order valence-electron chi connectivity index (χ3n) is 5.05. The van der Waals surface area contributed by atoms with Gasteiger partial charge in [0, 0.05) is 0 Å². The van der Waals surface area contributed by atoms with Crippen molar-refractivity contribution in [1.82, 2.24) is 0 Å². The van der Waals surface area contributed by atoms with E-state index in [1.54, 1.807) is 5.57 Å². The van der Waals surface area contributed by atoms with E-state index in [-0.39, 0.29) is 6.10 Å². The molecule has 0 aromatic heterocycles. The Bertz CT molecular complexity index is 290. The molecule has 0 aromatic carbocycles. The molecule has 4 unspecified atom stereocenters. The van der Waals surface area contributed by atoms with Crippen LogP contribution >= 0.6 is 0 Å². The van der Waals surface area contributed by atoms with E-state index < -0.39 is 0 Å². The van der Waals surface area contributed by atoms with Crippen LogP contribution in [0.25, 0.3) is 0 Å². The molecule has 2 aliphatic rings. The number of rotatable bonds is 0. The number of hydrogen-bond acceptors (Lipinski definition) is 1. The Morgan fingerprint density at radius 3 is 2.69 bits per heavy atom. The molecule has 1 fully saturated rings. The first kappa shape index (κ1) is 12.2. The lowest BCUT2D eigenvalue weighted by Crippen LogP contribution is -2.22. The van der Waals surface area contributed by atoms with Gasteiger partial charge in [-0.15, -0.1) is 0 Å². The zero-order valence-corrected chi connectivity index (χ0v) is 11.2. The van der Waals surface area contributed by atoms with Crippen molar-refractivity contribution in [3.8, 4) is 0 Å². The predicted molar refractivity (Wildman–Crippen MR) is 68.2 cm³/mol. The van der Waals surface area contributed by atoms with Gasteiger partial charge in [0.15, 0.2) is 0 Å². The second kappa shape index (κ2) is 4.18. The highest BCUT2D eigenvalue weighted by Crippen LogP contribution is 2.63. The molecule has 1 heteroatoms.